The SMILES string of the molecule is CCCOC(=O)CN1C(=O)C(=Cc2ccc(OC)c(Br)c2)SC1=S. The molecule has 0 spiro atoms. The second kappa shape index (κ2) is 8.64. The fraction of sp³-hybridized carbons (Fsp3) is 0.312. The highest BCUT2D eigenvalue weighted by molar-refractivity contribution is 9.10. The Labute approximate surface area is 158 Å². The minimum absolute atomic E-state index is 0.158. The summed E-state index contributed by atoms with van der Waals surface area (Å²) in [5.74, 6) is -0.0367. The molecule has 2 rings (SSSR count). The van der Waals surface area contributed by atoms with Crippen LogP contribution in [0.5, 0.6) is 5.75 Å². The Hall–Kier alpha value is -1.38. The zero-order valence-corrected chi connectivity index (χ0v) is 16.4. The molecule has 5 nitrogen and oxygen atoms in total. The van der Waals surface area contributed by atoms with Crippen LogP contribution in [0.15, 0.2) is 27.6 Å². The molecule has 1 saturated heterocycles. The average Bonchev–Trinajstić information content (AvgIpc) is 2.80. The molecule has 1 aliphatic rings. The number of hydrogen-bond donors (Lipinski definition) is 0. The highest BCUT2D eigenvalue weighted by Gasteiger charge is 2.33. The van der Waals surface area contributed by atoms with Crippen LogP contribution in [-0.4, -0.2) is 41.4 Å². The minimum Gasteiger partial charge on any atom is -0.496 e. The monoisotopic (exact) mass is 429 g/mol. The Morgan fingerprint density at radius 1 is 1.46 bits per heavy atom. The summed E-state index contributed by atoms with van der Waals surface area (Å²) in [5.41, 5.74) is 0.830. The van der Waals surface area contributed by atoms with Crippen molar-refractivity contribution in [3.8, 4) is 5.75 Å². The number of thiocarbonyl (C=S) groups is 1. The van der Waals surface area contributed by atoms with E-state index in [0.29, 0.717) is 21.6 Å². The van der Waals surface area contributed by atoms with Crippen LogP contribution in [0.3, 0.4) is 0 Å². The first-order chi connectivity index (χ1) is 11.5. The predicted octanol–water partition coefficient (Wildman–Crippen LogP) is 3.61. The maximum Gasteiger partial charge on any atom is 0.326 e. The van der Waals surface area contributed by atoms with Crippen molar-refractivity contribution in [1.82, 2.24) is 4.90 Å². The van der Waals surface area contributed by atoms with Gasteiger partial charge in [-0.2, -0.15) is 0 Å². The smallest absolute Gasteiger partial charge is 0.326 e. The molecule has 8 heteroatoms. The first-order valence-corrected chi connectivity index (χ1v) is 9.22. The molecule has 0 atom stereocenters. The number of ether oxygens (including phenoxy) is 2. The Balaban J connectivity index is 2.12. The van der Waals surface area contributed by atoms with Gasteiger partial charge in [0, 0.05) is 0 Å². The summed E-state index contributed by atoms with van der Waals surface area (Å²) in [6.07, 6.45) is 2.47. The van der Waals surface area contributed by atoms with E-state index in [1.165, 1.54) is 16.7 Å². The highest BCUT2D eigenvalue weighted by Crippen LogP contribution is 2.33. The number of carbonyl (C=O) groups is 2. The van der Waals surface area contributed by atoms with Crippen LogP contribution in [-0.2, 0) is 14.3 Å². The zero-order chi connectivity index (χ0) is 17.7. The molecule has 1 aromatic rings. The molecule has 1 fully saturated rings. The molecule has 0 aromatic heterocycles. The first-order valence-electron chi connectivity index (χ1n) is 7.20. The zero-order valence-electron chi connectivity index (χ0n) is 13.2. The van der Waals surface area contributed by atoms with E-state index in [2.05, 4.69) is 15.9 Å². The van der Waals surface area contributed by atoms with Crippen LogP contribution in [0.1, 0.15) is 18.9 Å². The Morgan fingerprint density at radius 3 is 2.83 bits per heavy atom. The fourth-order valence-electron chi connectivity index (χ4n) is 1.95. The van der Waals surface area contributed by atoms with Crippen LogP contribution in [0, 0.1) is 0 Å². The lowest BCUT2D eigenvalue weighted by Gasteiger charge is -2.13. The number of halogens is 1. The second-order valence-electron chi connectivity index (χ2n) is 4.88. The van der Waals surface area contributed by atoms with Crippen molar-refractivity contribution in [1.29, 1.82) is 0 Å². The Bertz CT molecular complexity index is 705. The van der Waals surface area contributed by atoms with Crippen molar-refractivity contribution in [2.75, 3.05) is 20.3 Å². The number of benzene rings is 1. The fourth-order valence-corrected chi connectivity index (χ4v) is 3.76. The van der Waals surface area contributed by atoms with Crippen LogP contribution in [0.4, 0.5) is 0 Å². The summed E-state index contributed by atoms with van der Waals surface area (Å²) < 4.78 is 11.3. The van der Waals surface area contributed by atoms with Crippen LogP contribution >= 0.6 is 39.9 Å². The van der Waals surface area contributed by atoms with Crippen molar-refractivity contribution in [3.05, 3.63) is 33.1 Å². The van der Waals surface area contributed by atoms with Gasteiger partial charge in [0.15, 0.2) is 0 Å². The molecule has 0 bridgehead atoms. The van der Waals surface area contributed by atoms with Crippen LogP contribution < -0.4 is 4.74 Å². The molecule has 0 saturated carbocycles. The number of esters is 1. The molecule has 0 unspecified atom stereocenters. The van der Waals surface area contributed by atoms with E-state index in [9.17, 15) is 9.59 Å². The molecule has 1 aliphatic heterocycles. The number of rotatable bonds is 6. The van der Waals surface area contributed by atoms with Crippen molar-refractivity contribution >= 4 is 62.2 Å². The third-order valence-corrected chi connectivity index (χ3v) is 5.10. The number of amides is 1. The maximum atomic E-state index is 12.4. The third kappa shape index (κ3) is 4.58. The van der Waals surface area contributed by atoms with Crippen LogP contribution in [0.2, 0.25) is 0 Å². The maximum absolute atomic E-state index is 12.4. The summed E-state index contributed by atoms with van der Waals surface area (Å²) in [4.78, 5) is 25.9. The van der Waals surface area contributed by atoms with E-state index in [4.69, 9.17) is 21.7 Å². The van der Waals surface area contributed by atoms with Gasteiger partial charge in [-0.15, -0.1) is 0 Å². The highest BCUT2D eigenvalue weighted by atomic mass is 79.9. The third-order valence-electron chi connectivity index (χ3n) is 3.10. The summed E-state index contributed by atoms with van der Waals surface area (Å²) in [6, 6.07) is 5.49. The lowest BCUT2D eigenvalue weighted by Crippen LogP contribution is -2.34. The molecule has 1 heterocycles. The summed E-state index contributed by atoms with van der Waals surface area (Å²) in [6.45, 7) is 2.08. The molecule has 0 N–H and O–H groups in total. The van der Waals surface area contributed by atoms with Crippen molar-refractivity contribution < 1.29 is 19.1 Å². The van der Waals surface area contributed by atoms with E-state index in [0.717, 1.165) is 16.5 Å². The van der Waals surface area contributed by atoms with Crippen molar-refractivity contribution in [2.24, 2.45) is 0 Å². The van der Waals surface area contributed by atoms with Gasteiger partial charge in [0.05, 0.1) is 23.1 Å². The summed E-state index contributed by atoms with van der Waals surface area (Å²) in [7, 11) is 1.59. The van der Waals surface area contributed by atoms with Gasteiger partial charge in [0.1, 0.15) is 16.6 Å². The largest absolute Gasteiger partial charge is 0.496 e. The van der Waals surface area contributed by atoms with Crippen LogP contribution in [0.25, 0.3) is 6.08 Å². The number of hydrogen-bond acceptors (Lipinski definition) is 6. The number of methoxy groups -OCH3 is 1. The quantitative estimate of drug-likeness (QED) is 0.391. The van der Waals surface area contributed by atoms with Gasteiger partial charge in [-0.3, -0.25) is 14.5 Å². The van der Waals surface area contributed by atoms with Crippen molar-refractivity contribution in [2.45, 2.75) is 13.3 Å². The minimum atomic E-state index is -0.457. The molecular formula is C16H16BrNO4S2. The van der Waals surface area contributed by atoms with Gasteiger partial charge in [0.2, 0.25) is 0 Å². The van der Waals surface area contributed by atoms with E-state index in [1.807, 2.05) is 19.1 Å². The second-order valence-corrected chi connectivity index (χ2v) is 7.41. The number of carbonyl (C=O) groups excluding carboxylic acids is 2. The summed E-state index contributed by atoms with van der Waals surface area (Å²) >= 11 is 9.78. The standard InChI is InChI=1S/C16H16BrNO4S2/c1-3-6-22-14(19)9-18-15(20)13(24-16(18)23)8-10-4-5-12(21-2)11(17)7-10/h4-5,7-8H,3,6,9H2,1-2H3. The first kappa shape index (κ1) is 19.0. The summed E-state index contributed by atoms with van der Waals surface area (Å²) in [5, 5.41) is 0. The normalized spacial score (nSPS) is 16.0. The molecule has 0 radical (unpaired) electrons. The van der Waals surface area contributed by atoms with Gasteiger partial charge in [-0.25, -0.2) is 0 Å². The molecule has 1 amide bonds. The Kier molecular flexibility index (Phi) is 6.82. The van der Waals surface area contributed by atoms with E-state index < -0.39 is 5.97 Å². The van der Waals surface area contributed by atoms with Crippen molar-refractivity contribution in [3.63, 3.8) is 0 Å². The van der Waals surface area contributed by atoms with Gasteiger partial charge >= 0.3 is 5.97 Å². The number of nitrogens with zero attached hydrogens (tertiary/aromatic N) is 1. The van der Waals surface area contributed by atoms with E-state index >= 15 is 0 Å². The van der Waals surface area contributed by atoms with E-state index in [1.54, 1.807) is 19.3 Å². The topological polar surface area (TPSA) is 55.8 Å². The molecule has 1 aromatic carbocycles. The van der Waals surface area contributed by atoms with E-state index in [-0.39, 0.29) is 12.5 Å². The van der Waals surface area contributed by atoms with Gasteiger partial charge < -0.3 is 9.47 Å². The van der Waals surface area contributed by atoms with Gasteiger partial charge in [-0.05, 0) is 46.1 Å². The number of thioether (sulfide) groups is 1. The molecular weight excluding hydrogens is 414 g/mol. The lowest BCUT2D eigenvalue weighted by molar-refractivity contribution is -0.146. The molecule has 0 aliphatic carbocycles. The average molecular weight is 430 g/mol. The van der Waals surface area contributed by atoms with Gasteiger partial charge in [-0.1, -0.05) is 37.0 Å². The molecule has 24 heavy (non-hydrogen) atoms. The van der Waals surface area contributed by atoms with Gasteiger partial charge in [0.25, 0.3) is 5.91 Å². The lowest BCUT2D eigenvalue weighted by atomic mass is 10.2. The Morgan fingerprint density at radius 2 is 2.21 bits per heavy atom. The molecule has 128 valence electrons. The predicted molar refractivity (Wildman–Crippen MR) is 102 cm³/mol.